The Labute approximate surface area is 103 Å². The molecule has 4 nitrogen and oxygen atoms in total. The molecule has 1 aromatic heterocycles. The molecular formula is C13H22N4. The first-order valence-corrected chi connectivity index (χ1v) is 6.18. The van der Waals surface area contributed by atoms with Crippen molar-refractivity contribution in [1.82, 2.24) is 9.88 Å². The Hall–Kier alpha value is -1.29. The number of aromatic nitrogens is 1. The van der Waals surface area contributed by atoms with Crippen molar-refractivity contribution in [2.75, 3.05) is 44.4 Å². The van der Waals surface area contributed by atoms with Gasteiger partial charge >= 0.3 is 0 Å². The van der Waals surface area contributed by atoms with E-state index in [4.69, 9.17) is 5.73 Å². The molecule has 2 N–H and O–H groups in total. The van der Waals surface area contributed by atoms with E-state index in [1.807, 2.05) is 19.2 Å². The van der Waals surface area contributed by atoms with Gasteiger partial charge in [0, 0.05) is 26.3 Å². The molecule has 0 bridgehead atoms. The van der Waals surface area contributed by atoms with E-state index in [9.17, 15) is 0 Å². The van der Waals surface area contributed by atoms with Crippen molar-refractivity contribution in [2.24, 2.45) is 5.92 Å². The molecule has 1 unspecified atom stereocenters. The maximum Gasteiger partial charge on any atom is 0.151 e. The highest BCUT2D eigenvalue weighted by Crippen LogP contribution is 2.24. The third-order valence-electron chi connectivity index (χ3n) is 3.57. The Balaban J connectivity index is 2.04. The predicted molar refractivity (Wildman–Crippen MR) is 72.3 cm³/mol. The predicted octanol–water partition coefficient (Wildman–Crippen LogP) is 1.36. The van der Waals surface area contributed by atoms with Gasteiger partial charge < -0.3 is 15.5 Å². The minimum Gasteiger partial charge on any atom is -0.396 e. The summed E-state index contributed by atoms with van der Waals surface area (Å²) in [6.07, 6.45) is 3.10. The molecule has 2 rings (SSSR count). The van der Waals surface area contributed by atoms with Gasteiger partial charge in [0.05, 0.1) is 5.69 Å². The van der Waals surface area contributed by atoms with E-state index < -0.39 is 0 Å². The molecule has 0 amide bonds. The van der Waals surface area contributed by atoms with E-state index in [0.29, 0.717) is 0 Å². The summed E-state index contributed by atoms with van der Waals surface area (Å²) in [5.74, 6) is 1.64. The number of anilines is 2. The first-order valence-electron chi connectivity index (χ1n) is 6.18. The van der Waals surface area contributed by atoms with Crippen LogP contribution in [0.4, 0.5) is 11.5 Å². The van der Waals surface area contributed by atoms with Crippen LogP contribution in [0.1, 0.15) is 12.0 Å². The van der Waals surface area contributed by atoms with Gasteiger partial charge in [0.1, 0.15) is 0 Å². The molecule has 17 heavy (non-hydrogen) atoms. The van der Waals surface area contributed by atoms with Crippen LogP contribution in [0.2, 0.25) is 0 Å². The Morgan fingerprint density at radius 2 is 2.35 bits per heavy atom. The zero-order valence-corrected chi connectivity index (χ0v) is 11.0. The Morgan fingerprint density at radius 3 is 3.00 bits per heavy atom. The molecule has 0 radical (unpaired) electrons. The lowest BCUT2D eigenvalue weighted by Crippen LogP contribution is -2.28. The van der Waals surface area contributed by atoms with Crippen LogP contribution in [0.5, 0.6) is 0 Å². The highest BCUT2D eigenvalue weighted by atomic mass is 15.2. The normalized spacial score (nSPS) is 20.8. The van der Waals surface area contributed by atoms with Crippen molar-refractivity contribution in [3.05, 3.63) is 17.8 Å². The third-order valence-corrected chi connectivity index (χ3v) is 3.57. The number of likely N-dealkylation sites (tertiary alicyclic amines) is 1. The highest BCUT2D eigenvalue weighted by molar-refractivity contribution is 5.65. The van der Waals surface area contributed by atoms with Crippen LogP contribution in [0.3, 0.4) is 0 Å². The Bertz CT molecular complexity index is 391. The second-order valence-electron chi connectivity index (χ2n) is 5.16. The van der Waals surface area contributed by atoms with Crippen LogP contribution in [0, 0.1) is 12.8 Å². The lowest BCUT2D eigenvalue weighted by Gasteiger charge is -2.23. The summed E-state index contributed by atoms with van der Waals surface area (Å²) in [5, 5.41) is 0. The van der Waals surface area contributed by atoms with Gasteiger partial charge in [0.15, 0.2) is 5.82 Å². The molecule has 0 saturated carbocycles. The SMILES string of the molecule is Cc1ccnc(N(C)CC2CCN(C)C2)c1N. The van der Waals surface area contributed by atoms with Gasteiger partial charge in [-0.15, -0.1) is 0 Å². The highest BCUT2D eigenvalue weighted by Gasteiger charge is 2.21. The quantitative estimate of drug-likeness (QED) is 0.858. The number of nitrogen functional groups attached to an aromatic ring is 1. The van der Waals surface area contributed by atoms with E-state index in [-0.39, 0.29) is 0 Å². The zero-order valence-electron chi connectivity index (χ0n) is 11.0. The van der Waals surface area contributed by atoms with E-state index in [1.165, 1.54) is 19.5 Å². The van der Waals surface area contributed by atoms with Crippen LogP contribution in [-0.4, -0.2) is 43.6 Å². The van der Waals surface area contributed by atoms with Gasteiger partial charge in [-0.2, -0.15) is 0 Å². The van der Waals surface area contributed by atoms with E-state index >= 15 is 0 Å². The molecule has 0 aromatic carbocycles. The average Bonchev–Trinajstić information content (AvgIpc) is 2.68. The second kappa shape index (κ2) is 4.92. The number of hydrogen-bond donors (Lipinski definition) is 1. The summed E-state index contributed by atoms with van der Waals surface area (Å²) in [4.78, 5) is 8.95. The molecule has 1 aliphatic rings. The summed E-state index contributed by atoms with van der Waals surface area (Å²) in [6.45, 7) is 5.44. The van der Waals surface area contributed by atoms with Gasteiger partial charge in [-0.1, -0.05) is 0 Å². The van der Waals surface area contributed by atoms with Crippen molar-refractivity contribution in [1.29, 1.82) is 0 Å². The van der Waals surface area contributed by atoms with Crippen molar-refractivity contribution in [2.45, 2.75) is 13.3 Å². The maximum absolute atomic E-state index is 6.07. The minimum absolute atomic E-state index is 0.728. The van der Waals surface area contributed by atoms with Gasteiger partial charge in [-0.05, 0) is 44.5 Å². The fourth-order valence-corrected chi connectivity index (χ4v) is 2.51. The summed E-state index contributed by atoms with van der Waals surface area (Å²) in [6, 6.07) is 1.95. The lowest BCUT2D eigenvalue weighted by atomic mass is 10.1. The molecule has 1 aromatic rings. The van der Waals surface area contributed by atoms with Crippen LogP contribution >= 0.6 is 0 Å². The Kier molecular flexibility index (Phi) is 3.52. The first-order chi connectivity index (χ1) is 8.08. The minimum atomic E-state index is 0.728. The topological polar surface area (TPSA) is 45.4 Å². The van der Waals surface area contributed by atoms with Crippen LogP contribution < -0.4 is 10.6 Å². The van der Waals surface area contributed by atoms with E-state index in [0.717, 1.165) is 29.5 Å². The molecular weight excluding hydrogens is 212 g/mol. The molecule has 0 aliphatic carbocycles. The molecule has 4 heteroatoms. The van der Waals surface area contributed by atoms with Crippen LogP contribution in [0.25, 0.3) is 0 Å². The van der Waals surface area contributed by atoms with Gasteiger partial charge in [0.2, 0.25) is 0 Å². The smallest absolute Gasteiger partial charge is 0.151 e. The Morgan fingerprint density at radius 1 is 1.59 bits per heavy atom. The summed E-state index contributed by atoms with van der Waals surface area (Å²) < 4.78 is 0. The summed E-state index contributed by atoms with van der Waals surface area (Å²) >= 11 is 0. The molecule has 0 spiro atoms. The van der Waals surface area contributed by atoms with E-state index in [1.54, 1.807) is 0 Å². The van der Waals surface area contributed by atoms with Gasteiger partial charge in [-0.3, -0.25) is 0 Å². The number of pyridine rings is 1. The maximum atomic E-state index is 6.07. The largest absolute Gasteiger partial charge is 0.396 e. The molecule has 94 valence electrons. The van der Waals surface area contributed by atoms with Crippen LogP contribution in [0.15, 0.2) is 12.3 Å². The summed E-state index contributed by atoms with van der Waals surface area (Å²) in [7, 11) is 4.26. The third kappa shape index (κ3) is 2.69. The van der Waals surface area contributed by atoms with Crippen molar-refractivity contribution >= 4 is 11.5 Å². The molecule has 1 atom stereocenters. The number of nitrogens with two attached hydrogens (primary N) is 1. The lowest BCUT2D eigenvalue weighted by molar-refractivity contribution is 0.395. The fraction of sp³-hybridized carbons (Fsp3) is 0.615. The number of aryl methyl sites for hydroxylation is 1. The first kappa shape index (κ1) is 12.2. The molecule has 1 aliphatic heterocycles. The standard InChI is InChI=1S/C13H22N4/c1-10-4-6-15-13(12(10)14)17(3)9-11-5-7-16(2)8-11/h4,6,11H,5,7-9,14H2,1-3H3. The van der Waals surface area contributed by atoms with E-state index in [2.05, 4.69) is 28.9 Å². The van der Waals surface area contributed by atoms with Crippen LogP contribution in [-0.2, 0) is 0 Å². The zero-order chi connectivity index (χ0) is 12.4. The number of hydrogen-bond acceptors (Lipinski definition) is 4. The van der Waals surface area contributed by atoms with Gasteiger partial charge in [0.25, 0.3) is 0 Å². The fourth-order valence-electron chi connectivity index (χ4n) is 2.51. The van der Waals surface area contributed by atoms with Crippen molar-refractivity contribution < 1.29 is 0 Å². The molecule has 1 fully saturated rings. The van der Waals surface area contributed by atoms with Crippen molar-refractivity contribution in [3.8, 4) is 0 Å². The monoisotopic (exact) mass is 234 g/mol. The average molecular weight is 234 g/mol. The second-order valence-corrected chi connectivity index (χ2v) is 5.16. The molecule has 2 heterocycles. The number of nitrogens with zero attached hydrogens (tertiary/aromatic N) is 3. The van der Waals surface area contributed by atoms with Crippen molar-refractivity contribution in [3.63, 3.8) is 0 Å². The van der Waals surface area contributed by atoms with Gasteiger partial charge in [-0.25, -0.2) is 4.98 Å². The number of rotatable bonds is 3. The summed E-state index contributed by atoms with van der Waals surface area (Å²) in [5.41, 5.74) is 7.98. The molecule has 1 saturated heterocycles.